The number of ether oxygens (including phenoxy) is 4. The number of anilines is 2. The highest BCUT2D eigenvalue weighted by Gasteiger charge is 2.24. The summed E-state index contributed by atoms with van der Waals surface area (Å²) >= 11 is 0. The highest BCUT2D eigenvalue weighted by molar-refractivity contribution is 6.02. The van der Waals surface area contributed by atoms with Crippen molar-refractivity contribution in [3.63, 3.8) is 0 Å². The van der Waals surface area contributed by atoms with E-state index in [0.29, 0.717) is 34.3 Å². The second-order valence-electron chi connectivity index (χ2n) is 8.07. The summed E-state index contributed by atoms with van der Waals surface area (Å²) in [5.41, 5.74) is 1.21. The smallest absolute Gasteiger partial charge is 0.291 e. The predicted octanol–water partition coefficient (Wildman–Crippen LogP) is 4.23. The summed E-state index contributed by atoms with van der Waals surface area (Å²) in [7, 11) is 4.62. The largest absolute Gasteiger partial charge is 0.493 e. The number of amides is 1. The zero-order valence-electron chi connectivity index (χ0n) is 20.0. The molecule has 0 bridgehead atoms. The van der Waals surface area contributed by atoms with Crippen LogP contribution in [0.2, 0.25) is 0 Å². The molecule has 2 aromatic heterocycles. The van der Waals surface area contributed by atoms with Crippen LogP contribution < -0.4 is 24.4 Å². The zero-order chi connectivity index (χ0) is 24.2. The van der Waals surface area contributed by atoms with Crippen LogP contribution in [0.25, 0.3) is 11.3 Å². The maximum absolute atomic E-state index is 12.8. The van der Waals surface area contributed by atoms with E-state index in [4.69, 9.17) is 23.4 Å². The van der Waals surface area contributed by atoms with Gasteiger partial charge in [0.2, 0.25) is 5.75 Å². The fourth-order valence-corrected chi connectivity index (χ4v) is 4.10. The lowest BCUT2D eigenvalue weighted by molar-refractivity contribution is -0.00545. The van der Waals surface area contributed by atoms with Crippen LogP contribution in [-0.2, 0) is 4.74 Å². The highest BCUT2D eigenvalue weighted by Crippen LogP contribution is 2.44. The molecule has 1 N–H and O–H groups in total. The van der Waals surface area contributed by atoms with Crippen molar-refractivity contribution >= 4 is 17.4 Å². The molecule has 1 amide bonds. The lowest BCUT2D eigenvalue weighted by Gasteiger charge is -2.36. The van der Waals surface area contributed by atoms with Crippen molar-refractivity contribution in [1.82, 2.24) is 4.98 Å². The summed E-state index contributed by atoms with van der Waals surface area (Å²) in [6, 6.07) is 10.6. The molecule has 0 saturated carbocycles. The van der Waals surface area contributed by atoms with Crippen molar-refractivity contribution in [2.75, 3.05) is 44.6 Å². The first-order valence-corrected chi connectivity index (χ1v) is 11.0. The number of nitrogens with zero attached hydrogens (tertiary/aromatic N) is 2. The average Bonchev–Trinajstić information content (AvgIpc) is 3.33. The van der Waals surface area contributed by atoms with Gasteiger partial charge in [0.1, 0.15) is 11.6 Å². The van der Waals surface area contributed by atoms with E-state index in [1.807, 2.05) is 26.0 Å². The Bertz CT molecular complexity index is 1130. The van der Waals surface area contributed by atoms with Gasteiger partial charge in [0.15, 0.2) is 17.3 Å². The Morgan fingerprint density at radius 3 is 2.32 bits per heavy atom. The van der Waals surface area contributed by atoms with Gasteiger partial charge in [-0.05, 0) is 50.2 Å². The van der Waals surface area contributed by atoms with Gasteiger partial charge in [-0.1, -0.05) is 0 Å². The number of morpholine rings is 1. The third-order valence-electron chi connectivity index (χ3n) is 5.55. The van der Waals surface area contributed by atoms with E-state index >= 15 is 0 Å². The van der Waals surface area contributed by atoms with Crippen LogP contribution in [0.1, 0.15) is 24.4 Å². The lowest BCUT2D eigenvalue weighted by atomic mass is 10.1. The van der Waals surface area contributed by atoms with Crippen molar-refractivity contribution in [3.8, 4) is 28.6 Å². The van der Waals surface area contributed by atoms with Gasteiger partial charge in [0.25, 0.3) is 5.91 Å². The van der Waals surface area contributed by atoms with Gasteiger partial charge in [-0.15, -0.1) is 0 Å². The summed E-state index contributed by atoms with van der Waals surface area (Å²) in [6.07, 6.45) is 1.92. The Kier molecular flexibility index (Phi) is 6.93. The highest BCUT2D eigenvalue weighted by atomic mass is 16.5. The molecule has 3 aromatic rings. The van der Waals surface area contributed by atoms with E-state index in [2.05, 4.69) is 15.2 Å². The number of methoxy groups -OCH3 is 3. The molecule has 0 spiro atoms. The molecule has 2 atom stereocenters. The van der Waals surface area contributed by atoms with Gasteiger partial charge in [-0.2, -0.15) is 0 Å². The second kappa shape index (κ2) is 10.0. The summed E-state index contributed by atoms with van der Waals surface area (Å²) in [5.74, 6) is 2.52. The van der Waals surface area contributed by atoms with Crippen molar-refractivity contribution < 1.29 is 28.2 Å². The standard InChI is InChI=1S/C25H29N3O6/c1-15-13-28(14-16(2)33-15)22-11-6-17(12-26-22)27-25(29)21-10-9-19(34-21)18-7-8-20(30-3)24(32-5)23(18)31-4/h6-12,15-16H,13-14H2,1-5H3,(H,27,29)/t15-,16+. The molecule has 3 heterocycles. The quantitative estimate of drug-likeness (QED) is 0.552. The number of nitrogens with one attached hydrogen (secondary N) is 1. The van der Waals surface area contributed by atoms with Crippen LogP contribution in [0.5, 0.6) is 17.2 Å². The van der Waals surface area contributed by atoms with Crippen molar-refractivity contribution in [2.45, 2.75) is 26.1 Å². The summed E-state index contributed by atoms with van der Waals surface area (Å²) in [4.78, 5) is 19.5. The second-order valence-corrected chi connectivity index (χ2v) is 8.07. The van der Waals surface area contributed by atoms with E-state index in [1.54, 1.807) is 37.6 Å². The number of benzene rings is 1. The maximum atomic E-state index is 12.8. The van der Waals surface area contributed by atoms with Crippen LogP contribution in [0.15, 0.2) is 47.0 Å². The number of furan rings is 1. The monoisotopic (exact) mass is 467 g/mol. The fourth-order valence-electron chi connectivity index (χ4n) is 4.10. The number of rotatable bonds is 7. The minimum atomic E-state index is -0.381. The first kappa shape index (κ1) is 23.4. The van der Waals surface area contributed by atoms with E-state index in [-0.39, 0.29) is 23.9 Å². The van der Waals surface area contributed by atoms with Gasteiger partial charge < -0.3 is 33.6 Å². The minimum absolute atomic E-state index is 0.141. The molecule has 1 saturated heterocycles. The zero-order valence-corrected chi connectivity index (χ0v) is 20.0. The van der Waals surface area contributed by atoms with E-state index < -0.39 is 0 Å². The molecular formula is C25H29N3O6. The normalized spacial score (nSPS) is 17.9. The number of hydrogen-bond donors (Lipinski definition) is 1. The molecule has 1 aliphatic rings. The van der Waals surface area contributed by atoms with Crippen LogP contribution in [0.3, 0.4) is 0 Å². The van der Waals surface area contributed by atoms with Crippen LogP contribution in [-0.4, -0.2) is 57.5 Å². The molecular weight excluding hydrogens is 438 g/mol. The molecule has 9 heteroatoms. The van der Waals surface area contributed by atoms with Gasteiger partial charge in [0.05, 0.1) is 51.0 Å². The van der Waals surface area contributed by atoms with Gasteiger partial charge in [0, 0.05) is 13.1 Å². The fraction of sp³-hybridized carbons (Fsp3) is 0.360. The first-order chi connectivity index (χ1) is 16.4. The third-order valence-corrected chi connectivity index (χ3v) is 5.55. The molecule has 9 nitrogen and oxygen atoms in total. The Morgan fingerprint density at radius 1 is 0.971 bits per heavy atom. The SMILES string of the molecule is COc1ccc(-c2ccc(C(=O)Nc3ccc(N4C[C@@H](C)O[C@@H](C)C4)nc3)o2)c(OC)c1OC. The Morgan fingerprint density at radius 2 is 1.71 bits per heavy atom. The molecule has 0 radical (unpaired) electrons. The predicted molar refractivity (Wildman–Crippen MR) is 128 cm³/mol. The third kappa shape index (κ3) is 4.79. The van der Waals surface area contributed by atoms with Crippen molar-refractivity contribution in [2.24, 2.45) is 0 Å². The van der Waals surface area contributed by atoms with Crippen molar-refractivity contribution in [1.29, 1.82) is 0 Å². The van der Waals surface area contributed by atoms with Crippen LogP contribution in [0, 0.1) is 0 Å². The molecule has 34 heavy (non-hydrogen) atoms. The Hall–Kier alpha value is -3.72. The molecule has 4 rings (SSSR count). The van der Waals surface area contributed by atoms with E-state index in [1.165, 1.54) is 14.2 Å². The maximum Gasteiger partial charge on any atom is 0.291 e. The molecule has 180 valence electrons. The molecule has 1 aliphatic heterocycles. The van der Waals surface area contributed by atoms with Gasteiger partial charge in [-0.25, -0.2) is 4.98 Å². The average molecular weight is 468 g/mol. The number of pyridine rings is 1. The number of aromatic nitrogens is 1. The minimum Gasteiger partial charge on any atom is -0.493 e. The van der Waals surface area contributed by atoms with Crippen LogP contribution in [0.4, 0.5) is 11.5 Å². The summed E-state index contributed by atoms with van der Waals surface area (Å²) in [6.45, 7) is 5.65. The molecule has 1 fully saturated rings. The lowest BCUT2D eigenvalue weighted by Crippen LogP contribution is -2.45. The number of hydrogen-bond acceptors (Lipinski definition) is 8. The molecule has 1 aromatic carbocycles. The van der Waals surface area contributed by atoms with E-state index in [0.717, 1.165) is 18.9 Å². The molecule has 0 aliphatic carbocycles. The Balaban J connectivity index is 1.48. The topological polar surface area (TPSA) is 95.3 Å². The summed E-state index contributed by atoms with van der Waals surface area (Å²) < 4.78 is 27.9. The van der Waals surface area contributed by atoms with Crippen LogP contribution >= 0.6 is 0 Å². The van der Waals surface area contributed by atoms with Crippen molar-refractivity contribution in [3.05, 3.63) is 48.4 Å². The molecule has 0 unspecified atom stereocenters. The number of carbonyl (C=O) groups excluding carboxylic acids is 1. The van der Waals surface area contributed by atoms with E-state index in [9.17, 15) is 4.79 Å². The Labute approximate surface area is 198 Å². The van der Waals surface area contributed by atoms with Gasteiger partial charge >= 0.3 is 0 Å². The first-order valence-electron chi connectivity index (χ1n) is 11.0. The van der Waals surface area contributed by atoms with Gasteiger partial charge in [-0.3, -0.25) is 4.79 Å². The summed E-state index contributed by atoms with van der Waals surface area (Å²) in [5, 5.41) is 2.83. The number of carbonyl (C=O) groups is 1.